The molecule has 27 heavy (non-hydrogen) atoms. The molecule has 0 fully saturated rings. The molecule has 0 unspecified atom stereocenters. The van der Waals surface area contributed by atoms with E-state index < -0.39 is 12.5 Å². The Hall–Kier alpha value is -3.07. The van der Waals surface area contributed by atoms with Crippen molar-refractivity contribution in [3.8, 4) is 4.86 Å². The van der Waals surface area contributed by atoms with Crippen LogP contribution in [0.4, 0.5) is 0 Å². The monoisotopic (exact) mass is 409 g/mol. The number of hydrogen-bond acceptors (Lipinski definition) is 1. The normalized spacial score (nSPS) is 12.5. The van der Waals surface area contributed by atoms with Crippen LogP contribution < -0.4 is 17.4 Å². The van der Waals surface area contributed by atoms with E-state index in [4.69, 9.17) is 0 Å². The van der Waals surface area contributed by atoms with Crippen LogP contribution in [-0.2, 0) is 0 Å². The first-order chi connectivity index (χ1) is 13.3. The SMILES string of the molecule is N#C[As](c1ccccc1)(c1ccccc1)(c1ccccc1)c1ccccc1. The second-order valence-corrected chi connectivity index (χ2v) is 16.0. The number of benzene rings is 4. The van der Waals surface area contributed by atoms with E-state index in [1.807, 2.05) is 72.8 Å². The van der Waals surface area contributed by atoms with E-state index >= 15 is 0 Å². The molecular weight excluding hydrogens is 389 g/mol. The minimum absolute atomic E-state index is 1.11. The van der Waals surface area contributed by atoms with Crippen molar-refractivity contribution < 1.29 is 0 Å². The molecule has 0 aliphatic heterocycles. The second-order valence-electron chi connectivity index (χ2n) is 6.56. The molecule has 0 aromatic heterocycles. The first kappa shape index (κ1) is 17.3. The topological polar surface area (TPSA) is 23.8 Å². The summed E-state index contributed by atoms with van der Waals surface area (Å²) in [6.07, 6.45) is 0. The van der Waals surface area contributed by atoms with Crippen molar-refractivity contribution in [2.45, 2.75) is 0 Å². The van der Waals surface area contributed by atoms with E-state index in [9.17, 15) is 5.26 Å². The van der Waals surface area contributed by atoms with Gasteiger partial charge in [-0.15, -0.1) is 0 Å². The van der Waals surface area contributed by atoms with Crippen molar-refractivity contribution in [2.75, 3.05) is 0 Å². The molecule has 0 heterocycles. The van der Waals surface area contributed by atoms with E-state index in [0.29, 0.717) is 0 Å². The summed E-state index contributed by atoms with van der Waals surface area (Å²) in [5, 5.41) is 11.1. The number of nitrogens with zero attached hydrogens (tertiary/aromatic N) is 1. The van der Waals surface area contributed by atoms with Crippen molar-refractivity contribution in [2.24, 2.45) is 0 Å². The Morgan fingerprint density at radius 2 is 0.630 bits per heavy atom. The number of nitriles is 1. The van der Waals surface area contributed by atoms with E-state index in [1.54, 1.807) is 0 Å². The summed E-state index contributed by atoms with van der Waals surface area (Å²) in [6.45, 7) is 0. The van der Waals surface area contributed by atoms with Crippen LogP contribution in [0.1, 0.15) is 0 Å². The van der Waals surface area contributed by atoms with Crippen LogP contribution in [0, 0.1) is 10.1 Å². The third-order valence-electron chi connectivity index (χ3n) is 5.29. The zero-order valence-corrected chi connectivity index (χ0v) is 16.8. The van der Waals surface area contributed by atoms with Crippen LogP contribution in [-0.4, -0.2) is 12.5 Å². The minimum atomic E-state index is -4.30. The third kappa shape index (κ3) is 2.38. The molecule has 4 rings (SSSR count). The van der Waals surface area contributed by atoms with Gasteiger partial charge in [0.15, 0.2) is 0 Å². The van der Waals surface area contributed by atoms with E-state index in [2.05, 4.69) is 53.4 Å². The standard InChI is InChI=1S/C25H20AsN/c27-21-26(22-13-5-1-6-14-22,23-15-7-2-8-16-23,24-17-9-3-10-18-24)25-19-11-4-12-20-25/h1-20H. The van der Waals surface area contributed by atoms with Crippen molar-refractivity contribution in [3.63, 3.8) is 0 Å². The fourth-order valence-electron chi connectivity index (χ4n) is 4.03. The van der Waals surface area contributed by atoms with Gasteiger partial charge in [-0.3, -0.25) is 0 Å². The van der Waals surface area contributed by atoms with Crippen molar-refractivity contribution >= 4 is 29.9 Å². The average Bonchev–Trinajstić information content (AvgIpc) is 2.78. The van der Waals surface area contributed by atoms with Gasteiger partial charge in [-0.1, -0.05) is 0 Å². The fraction of sp³-hybridized carbons (Fsp3) is 0. The molecule has 0 saturated carbocycles. The first-order valence-corrected chi connectivity index (χ1v) is 13.7. The van der Waals surface area contributed by atoms with Crippen LogP contribution in [0.3, 0.4) is 0 Å². The van der Waals surface area contributed by atoms with Crippen LogP contribution in [0.5, 0.6) is 0 Å². The summed E-state index contributed by atoms with van der Waals surface area (Å²) in [7, 11) is 0. The van der Waals surface area contributed by atoms with Gasteiger partial charge >= 0.3 is 161 Å². The Balaban J connectivity index is 2.30. The molecule has 0 aliphatic rings. The van der Waals surface area contributed by atoms with Gasteiger partial charge in [0.2, 0.25) is 0 Å². The Morgan fingerprint density at radius 1 is 0.407 bits per heavy atom. The molecule has 0 atom stereocenters. The molecule has 4 aromatic carbocycles. The molecule has 4 aromatic rings. The molecule has 1 nitrogen and oxygen atoms in total. The predicted molar refractivity (Wildman–Crippen MR) is 116 cm³/mol. The second kappa shape index (κ2) is 6.92. The van der Waals surface area contributed by atoms with E-state index in [0.717, 1.165) is 17.4 Å². The van der Waals surface area contributed by atoms with Gasteiger partial charge in [0.05, 0.1) is 0 Å². The van der Waals surface area contributed by atoms with Crippen LogP contribution in [0.25, 0.3) is 0 Å². The van der Waals surface area contributed by atoms with Crippen LogP contribution >= 0.6 is 0 Å². The molecular formula is C25H20AsN. The zero-order valence-electron chi connectivity index (χ0n) is 14.9. The molecule has 2 heteroatoms. The maximum atomic E-state index is 11.1. The fourth-order valence-corrected chi connectivity index (χ4v) is 15.2. The Kier molecular flexibility index (Phi) is 4.44. The molecule has 130 valence electrons. The van der Waals surface area contributed by atoms with Gasteiger partial charge < -0.3 is 0 Å². The maximum absolute atomic E-state index is 11.1. The zero-order chi connectivity index (χ0) is 18.6. The van der Waals surface area contributed by atoms with E-state index in [-0.39, 0.29) is 0 Å². The summed E-state index contributed by atoms with van der Waals surface area (Å²) in [5.41, 5.74) is 0. The third-order valence-corrected chi connectivity index (χ3v) is 17.3. The van der Waals surface area contributed by atoms with Crippen LogP contribution in [0.15, 0.2) is 121 Å². The molecule has 0 amide bonds. The molecule has 0 bridgehead atoms. The Labute approximate surface area is 161 Å². The average molecular weight is 409 g/mol. The van der Waals surface area contributed by atoms with E-state index in [1.165, 1.54) is 0 Å². The molecule has 0 aliphatic carbocycles. The summed E-state index contributed by atoms with van der Waals surface area (Å²) < 4.78 is 4.45. The molecule has 0 N–H and O–H groups in total. The molecule has 0 radical (unpaired) electrons. The van der Waals surface area contributed by atoms with Gasteiger partial charge in [0, 0.05) is 0 Å². The predicted octanol–water partition coefficient (Wildman–Crippen LogP) is 3.08. The molecule has 0 spiro atoms. The summed E-state index contributed by atoms with van der Waals surface area (Å²) in [6, 6.07) is 41.4. The van der Waals surface area contributed by atoms with Crippen molar-refractivity contribution in [1.82, 2.24) is 0 Å². The van der Waals surface area contributed by atoms with Crippen molar-refractivity contribution in [3.05, 3.63) is 121 Å². The van der Waals surface area contributed by atoms with Crippen molar-refractivity contribution in [1.29, 1.82) is 5.26 Å². The van der Waals surface area contributed by atoms with Gasteiger partial charge in [-0.2, -0.15) is 0 Å². The quantitative estimate of drug-likeness (QED) is 0.476. The number of hydrogen-bond donors (Lipinski definition) is 0. The van der Waals surface area contributed by atoms with Crippen LogP contribution in [0.2, 0.25) is 0 Å². The first-order valence-electron chi connectivity index (χ1n) is 8.98. The summed E-state index contributed by atoms with van der Waals surface area (Å²) in [4.78, 5) is 2.97. The Morgan fingerprint density at radius 3 is 0.815 bits per heavy atom. The Bertz CT molecular complexity index is 899. The number of rotatable bonds is 4. The van der Waals surface area contributed by atoms with Gasteiger partial charge in [0.25, 0.3) is 0 Å². The van der Waals surface area contributed by atoms with Gasteiger partial charge in [0.1, 0.15) is 0 Å². The summed E-state index contributed by atoms with van der Waals surface area (Å²) >= 11 is -4.30. The van der Waals surface area contributed by atoms with Gasteiger partial charge in [-0.25, -0.2) is 0 Å². The summed E-state index contributed by atoms with van der Waals surface area (Å²) in [5.74, 6) is 0. The molecule has 0 saturated heterocycles. The van der Waals surface area contributed by atoms with Gasteiger partial charge in [-0.05, 0) is 0 Å².